The zero-order chi connectivity index (χ0) is 14.7. The maximum absolute atomic E-state index is 13.2. The smallest absolute Gasteiger partial charge is 0.244 e. The summed E-state index contributed by atoms with van der Waals surface area (Å²) >= 11 is 0. The van der Waals surface area contributed by atoms with Crippen LogP contribution < -0.4 is 11.1 Å². The summed E-state index contributed by atoms with van der Waals surface area (Å²) in [6.45, 7) is 1.93. The molecule has 0 bridgehead atoms. The van der Waals surface area contributed by atoms with Crippen LogP contribution in [0.25, 0.3) is 0 Å². The van der Waals surface area contributed by atoms with Crippen LogP contribution >= 0.6 is 0 Å². The Kier molecular flexibility index (Phi) is 3.98. The molecule has 0 heterocycles. The molecule has 0 aromatic heterocycles. The lowest BCUT2D eigenvalue weighted by Gasteiger charge is -2.17. The molecule has 1 amide bonds. The fraction of sp³-hybridized carbons (Fsp3) is 0.133. The third kappa shape index (κ3) is 3.32. The molecule has 1 unspecified atom stereocenters. The number of aryl methyl sites for hydroxylation is 1. The first kappa shape index (κ1) is 14.0. The van der Waals surface area contributed by atoms with Crippen LogP contribution in [0.3, 0.4) is 0 Å². The van der Waals surface area contributed by atoms with Crippen LogP contribution in [0.1, 0.15) is 17.2 Å². The Hall–Kier alpha value is -2.43. The Bertz CT molecular complexity index is 606. The van der Waals surface area contributed by atoms with Gasteiger partial charge in [-0.05, 0) is 36.8 Å². The van der Waals surface area contributed by atoms with Crippen molar-refractivity contribution in [2.45, 2.75) is 13.0 Å². The van der Waals surface area contributed by atoms with E-state index in [4.69, 9.17) is 5.73 Å². The average molecular weight is 276 g/mol. The second kappa shape index (κ2) is 5.69. The molecule has 1 atom stereocenters. The van der Waals surface area contributed by atoms with Crippen LogP contribution in [-0.4, -0.2) is 5.91 Å². The van der Waals surface area contributed by atoms with Crippen LogP contribution in [0.5, 0.6) is 0 Å². The molecule has 20 heavy (non-hydrogen) atoms. The number of hydrogen-bond acceptors (Lipinski definition) is 2. The summed E-state index contributed by atoms with van der Waals surface area (Å²) in [5, 5.41) is 2.87. The SMILES string of the molecule is Cc1ccc(NC(C(N)=O)c2cc(F)cc(F)c2)cc1. The third-order valence-corrected chi connectivity index (χ3v) is 2.87. The number of amides is 1. The first-order valence-corrected chi connectivity index (χ1v) is 6.04. The Balaban J connectivity index is 2.31. The van der Waals surface area contributed by atoms with E-state index in [0.29, 0.717) is 5.69 Å². The van der Waals surface area contributed by atoms with Crippen LogP contribution in [0.4, 0.5) is 14.5 Å². The molecule has 0 saturated carbocycles. The second-order valence-electron chi connectivity index (χ2n) is 4.55. The minimum Gasteiger partial charge on any atom is -0.370 e. The van der Waals surface area contributed by atoms with Crippen molar-refractivity contribution in [3.63, 3.8) is 0 Å². The zero-order valence-electron chi connectivity index (χ0n) is 10.9. The minimum absolute atomic E-state index is 0.149. The Morgan fingerprint density at radius 3 is 2.15 bits per heavy atom. The van der Waals surface area contributed by atoms with Crippen molar-refractivity contribution < 1.29 is 13.6 Å². The summed E-state index contributed by atoms with van der Waals surface area (Å²) in [4.78, 5) is 11.5. The number of rotatable bonds is 4. The zero-order valence-corrected chi connectivity index (χ0v) is 10.9. The Labute approximate surface area is 115 Å². The number of nitrogens with one attached hydrogen (secondary N) is 1. The highest BCUT2D eigenvalue weighted by Gasteiger charge is 2.19. The van der Waals surface area contributed by atoms with Crippen LogP contribution in [0.2, 0.25) is 0 Å². The average Bonchev–Trinajstić information content (AvgIpc) is 2.36. The van der Waals surface area contributed by atoms with Gasteiger partial charge in [0, 0.05) is 11.8 Å². The second-order valence-corrected chi connectivity index (χ2v) is 4.55. The van der Waals surface area contributed by atoms with E-state index in [2.05, 4.69) is 5.32 Å². The number of anilines is 1. The molecular weight excluding hydrogens is 262 g/mol. The number of carbonyl (C=O) groups is 1. The maximum atomic E-state index is 13.2. The van der Waals surface area contributed by atoms with Crippen molar-refractivity contribution in [2.75, 3.05) is 5.32 Å². The summed E-state index contributed by atoms with van der Waals surface area (Å²) < 4.78 is 26.4. The highest BCUT2D eigenvalue weighted by molar-refractivity contribution is 5.84. The summed E-state index contributed by atoms with van der Waals surface area (Å²) in [6.07, 6.45) is 0. The molecule has 0 aliphatic carbocycles. The van der Waals surface area contributed by atoms with E-state index in [1.165, 1.54) is 0 Å². The summed E-state index contributed by atoms with van der Waals surface area (Å²) in [7, 11) is 0. The topological polar surface area (TPSA) is 55.1 Å². The molecule has 2 aromatic carbocycles. The molecule has 0 spiro atoms. The van der Waals surface area contributed by atoms with Crippen LogP contribution in [-0.2, 0) is 4.79 Å². The third-order valence-electron chi connectivity index (χ3n) is 2.87. The van der Waals surface area contributed by atoms with Crippen molar-refractivity contribution in [1.29, 1.82) is 0 Å². The fourth-order valence-electron chi connectivity index (χ4n) is 1.88. The monoisotopic (exact) mass is 276 g/mol. The molecule has 0 aliphatic heterocycles. The normalized spacial score (nSPS) is 11.9. The molecule has 3 N–H and O–H groups in total. The first-order chi connectivity index (χ1) is 9.45. The number of hydrogen-bond donors (Lipinski definition) is 2. The Morgan fingerprint density at radius 1 is 1.10 bits per heavy atom. The summed E-state index contributed by atoms with van der Waals surface area (Å²) in [5.41, 5.74) is 7.15. The summed E-state index contributed by atoms with van der Waals surface area (Å²) in [5.74, 6) is -2.22. The van der Waals surface area contributed by atoms with Gasteiger partial charge in [-0.15, -0.1) is 0 Å². The van der Waals surface area contributed by atoms with Crippen molar-refractivity contribution in [3.8, 4) is 0 Å². The highest BCUT2D eigenvalue weighted by Crippen LogP contribution is 2.21. The van der Waals surface area contributed by atoms with Gasteiger partial charge in [0.2, 0.25) is 5.91 Å². The molecule has 0 fully saturated rings. The molecule has 2 aromatic rings. The van der Waals surface area contributed by atoms with E-state index in [1.54, 1.807) is 12.1 Å². The maximum Gasteiger partial charge on any atom is 0.244 e. The highest BCUT2D eigenvalue weighted by atomic mass is 19.1. The van der Waals surface area contributed by atoms with Crippen LogP contribution in [0.15, 0.2) is 42.5 Å². The van der Waals surface area contributed by atoms with Gasteiger partial charge >= 0.3 is 0 Å². The summed E-state index contributed by atoms with van der Waals surface area (Å²) in [6, 6.07) is 9.15. The molecule has 0 aliphatic rings. The fourth-order valence-corrected chi connectivity index (χ4v) is 1.88. The van der Waals surface area contributed by atoms with Gasteiger partial charge in [-0.1, -0.05) is 17.7 Å². The van der Waals surface area contributed by atoms with E-state index in [0.717, 1.165) is 23.8 Å². The quantitative estimate of drug-likeness (QED) is 0.902. The molecular formula is C15H14F2N2O. The Morgan fingerprint density at radius 2 is 1.65 bits per heavy atom. The van der Waals surface area contributed by atoms with E-state index < -0.39 is 23.6 Å². The first-order valence-electron chi connectivity index (χ1n) is 6.04. The number of nitrogens with two attached hydrogens (primary N) is 1. The van der Waals surface area contributed by atoms with Gasteiger partial charge in [0.25, 0.3) is 0 Å². The number of carbonyl (C=O) groups excluding carboxylic acids is 1. The lowest BCUT2D eigenvalue weighted by Crippen LogP contribution is -2.28. The number of primary amides is 1. The minimum atomic E-state index is -0.997. The van der Waals surface area contributed by atoms with E-state index in [1.807, 2.05) is 19.1 Å². The lowest BCUT2D eigenvalue weighted by molar-refractivity contribution is -0.118. The van der Waals surface area contributed by atoms with Crippen LogP contribution in [0, 0.1) is 18.6 Å². The van der Waals surface area contributed by atoms with Gasteiger partial charge in [-0.3, -0.25) is 4.79 Å². The van der Waals surface area contributed by atoms with Gasteiger partial charge in [0.05, 0.1) is 0 Å². The van der Waals surface area contributed by atoms with Crippen molar-refractivity contribution in [2.24, 2.45) is 5.73 Å². The van der Waals surface area contributed by atoms with E-state index in [-0.39, 0.29) is 5.56 Å². The number of benzene rings is 2. The standard InChI is InChI=1S/C15H14F2N2O/c1-9-2-4-13(5-3-9)19-14(15(18)20)10-6-11(16)8-12(17)7-10/h2-8,14,19H,1H3,(H2,18,20). The van der Waals surface area contributed by atoms with Crippen molar-refractivity contribution >= 4 is 11.6 Å². The molecule has 2 rings (SSSR count). The van der Waals surface area contributed by atoms with Gasteiger partial charge in [-0.25, -0.2) is 8.78 Å². The van der Waals surface area contributed by atoms with Gasteiger partial charge < -0.3 is 11.1 Å². The van der Waals surface area contributed by atoms with E-state index >= 15 is 0 Å². The predicted molar refractivity (Wildman–Crippen MR) is 73.1 cm³/mol. The predicted octanol–water partition coefficient (Wildman–Crippen LogP) is 2.91. The molecule has 104 valence electrons. The largest absolute Gasteiger partial charge is 0.370 e. The van der Waals surface area contributed by atoms with Gasteiger partial charge in [0.1, 0.15) is 17.7 Å². The molecule has 0 saturated heterocycles. The van der Waals surface area contributed by atoms with Gasteiger partial charge in [0.15, 0.2) is 0 Å². The molecule has 3 nitrogen and oxygen atoms in total. The van der Waals surface area contributed by atoms with E-state index in [9.17, 15) is 13.6 Å². The van der Waals surface area contributed by atoms with Crippen molar-refractivity contribution in [1.82, 2.24) is 0 Å². The lowest BCUT2D eigenvalue weighted by atomic mass is 10.1. The number of halogens is 2. The molecule has 0 radical (unpaired) electrons. The van der Waals surface area contributed by atoms with Gasteiger partial charge in [-0.2, -0.15) is 0 Å². The van der Waals surface area contributed by atoms with Crippen molar-refractivity contribution in [3.05, 3.63) is 65.2 Å². The molecule has 5 heteroatoms.